The second-order valence-electron chi connectivity index (χ2n) is 7.29. The van der Waals surface area contributed by atoms with Crippen molar-refractivity contribution >= 4 is 42.3 Å². The van der Waals surface area contributed by atoms with Crippen molar-refractivity contribution in [1.82, 2.24) is 0 Å². The van der Waals surface area contributed by atoms with Gasteiger partial charge in [-0.1, -0.05) is 60.1 Å². The predicted octanol–water partition coefficient (Wildman–Crippen LogP) is 4.69. The minimum atomic E-state index is -3.52. The number of fused-ring (bicyclic) bond motifs is 1. The zero-order valence-electron chi connectivity index (χ0n) is 14.5. The molecule has 1 unspecified atom stereocenters. The standard InChI is InChI=1S/C20H21BrO3S/c1-13-17(20(2,3)11-18(21)19(13)22)12-25(23,24)16-9-8-14-6-4-5-7-15(14)10-16/h4-10,18H,11-12H2,1-3H3. The first-order chi connectivity index (χ1) is 11.6. The summed E-state index contributed by atoms with van der Waals surface area (Å²) in [6, 6.07) is 12.9. The van der Waals surface area contributed by atoms with E-state index < -0.39 is 9.84 Å². The van der Waals surface area contributed by atoms with Gasteiger partial charge in [0.2, 0.25) is 0 Å². The van der Waals surface area contributed by atoms with Gasteiger partial charge in [-0.2, -0.15) is 0 Å². The van der Waals surface area contributed by atoms with Gasteiger partial charge < -0.3 is 0 Å². The van der Waals surface area contributed by atoms with Crippen LogP contribution in [-0.4, -0.2) is 24.8 Å². The second kappa shape index (κ2) is 6.36. The van der Waals surface area contributed by atoms with Crippen LogP contribution in [-0.2, 0) is 14.6 Å². The maximum atomic E-state index is 13.0. The maximum Gasteiger partial charge on any atom is 0.182 e. The van der Waals surface area contributed by atoms with Gasteiger partial charge in [-0.25, -0.2) is 8.42 Å². The molecule has 0 saturated heterocycles. The first kappa shape index (κ1) is 18.3. The van der Waals surface area contributed by atoms with Gasteiger partial charge in [-0.05, 0) is 52.8 Å². The van der Waals surface area contributed by atoms with E-state index in [2.05, 4.69) is 15.9 Å². The molecule has 3 nitrogen and oxygen atoms in total. The largest absolute Gasteiger partial charge is 0.293 e. The van der Waals surface area contributed by atoms with Gasteiger partial charge in [0.15, 0.2) is 15.6 Å². The number of hydrogen-bond acceptors (Lipinski definition) is 3. The molecule has 3 rings (SSSR count). The molecule has 0 aliphatic heterocycles. The molecule has 1 aliphatic carbocycles. The molecule has 132 valence electrons. The van der Waals surface area contributed by atoms with Crippen LogP contribution in [0.5, 0.6) is 0 Å². The van der Waals surface area contributed by atoms with Gasteiger partial charge in [0, 0.05) is 0 Å². The fourth-order valence-corrected chi connectivity index (χ4v) is 6.38. The Morgan fingerprint density at radius 1 is 1.12 bits per heavy atom. The SMILES string of the molecule is CC1=C(CS(=O)(=O)c2ccc3ccccc3c2)C(C)(C)CC(Br)C1=O. The molecule has 2 aromatic rings. The molecule has 0 saturated carbocycles. The third-order valence-electron chi connectivity index (χ3n) is 5.03. The Kier molecular flexibility index (Phi) is 4.67. The predicted molar refractivity (Wildman–Crippen MR) is 105 cm³/mol. The van der Waals surface area contributed by atoms with Gasteiger partial charge >= 0.3 is 0 Å². The Morgan fingerprint density at radius 2 is 1.76 bits per heavy atom. The van der Waals surface area contributed by atoms with E-state index in [1.54, 1.807) is 19.1 Å². The van der Waals surface area contributed by atoms with E-state index in [9.17, 15) is 13.2 Å². The maximum absolute atomic E-state index is 13.0. The summed E-state index contributed by atoms with van der Waals surface area (Å²) in [5.74, 6) is -0.127. The highest BCUT2D eigenvalue weighted by Crippen LogP contribution is 2.42. The Labute approximate surface area is 157 Å². The summed E-state index contributed by atoms with van der Waals surface area (Å²) in [5.41, 5.74) is 0.958. The first-order valence-corrected chi connectivity index (χ1v) is 10.8. The lowest BCUT2D eigenvalue weighted by Crippen LogP contribution is -2.35. The molecule has 2 aromatic carbocycles. The Hall–Kier alpha value is -1.46. The van der Waals surface area contributed by atoms with Gasteiger partial charge in [0.25, 0.3) is 0 Å². The Balaban J connectivity index is 2.04. The Morgan fingerprint density at radius 3 is 2.44 bits per heavy atom. The summed E-state index contributed by atoms with van der Waals surface area (Å²) >= 11 is 3.42. The lowest BCUT2D eigenvalue weighted by Gasteiger charge is -2.36. The molecule has 0 spiro atoms. The highest BCUT2D eigenvalue weighted by atomic mass is 79.9. The molecule has 0 heterocycles. The zero-order valence-corrected chi connectivity index (χ0v) is 16.9. The van der Waals surface area contributed by atoms with E-state index in [0.29, 0.717) is 16.9 Å². The molecule has 0 radical (unpaired) electrons. The van der Waals surface area contributed by atoms with Crippen LogP contribution < -0.4 is 0 Å². The van der Waals surface area contributed by atoms with E-state index >= 15 is 0 Å². The van der Waals surface area contributed by atoms with Gasteiger partial charge in [-0.15, -0.1) is 0 Å². The van der Waals surface area contributed by atoms with Crippen LogP contribution in [0.15, 0.2) is 58.5 Å². The number of halogens is 1. The molecule has 0 N–H and O–H groups in total. The number of alkyl halides is 1. The molecule has 1 aliphatic rings. The van der Waals surface area contributed by atoms with Crippen LogP contribution >= 0.6 is 15.9 Å². The van der Waals surface area contributed by atoms with Crippen molar-refractivity contribution in [1.29, 1.82) is 0 Å². The number of benzene rings is 2. The molecular formula is C20H21BrO3S. The smallest absolute Gasteiger partial charge is 0.182 e. The van der Waals surface area contributed by atoms with Crippen molar-refractivity contribution in [2.75, 3.05) is 5.75 Å². The molecule has 1 atom stereocenters. The highest BCUT2D eigenvalue weighted by molar-refractivity contribution is 9.10. The van der Waals surface area contributed by atoms with Crippen LogP contribution in [0.1, 0.15) is 27.2 Å². The van der Waals surface area contributed by atoms with E-state index in [1.165, 1.54) is 0 Å². The number of hydrogen-bond donors (Lipinski definition) is 0. The van der Waals surface area contributed by atoms with E-state index in [0.717, 1.165) is 16.3 Å². The number of sulfone groups is 1. The number of Topliss-reactive ketones (excluding diaryl/α,β-unsaturated/α-hetero) is 1. The fraction of sp³-hybridized carbons (Fsp3) is 0.350. The van der Waals surface area contributed by atoms with Crippen LogP contribution in [0, 0.1) is 5.41 Å². The van der Waals surface area contributed by atoms with Crippen LogP contribution in [0.3, 0.4) is 0 Å². The third-order valence-corrected chi connectivity index (χ3v) is 7.41. The monoisotopic (exact) mass is 420 g/mol. The number of rotatable bonds is 3. The molecule has 0 fully saturated rings. The minimum absolute atomic E-state index is 0.0111. The minimum Gasteiger partial charge on any atom is -0.293 e. The average molecular weight is 421 g/mol. The molecule has 25 heavy (non-hydrogen) atoms. The Bertz CT molecular complexity index is 987. The average Bonchev–Trinajstić information content (AvgIpc) is 2.56. The van der Waals surface area contributed by atoms with Crippen molar-refractivity contribution in [3.63, 3.8) is 0 Å². The van der Waals surface area contributed by atoms with Gasteiger partial charge in [0.1, 0.15) is 0 Å². The van der Waals surface area contributed by atoms with E-state index in [1.807, 2.05) is 44.2 Å². The lowest BCUT2D eigenvalue weighted by molar-refractivity contribution is -0.116. The lowest BCUT2D eigenvalue weighted by atomic mass is 9.73. The number of carbonyl (C=O) groups is 1. The molecule has 0 aromatic heterocycles. The molecular weight excluding hydrogens is 400 g/mol. The third kappa shape index (κ3) is 3.44. The van der Waals surface area contributed by atoms with Crippen molar-refractivity contribution in [2.24, 2.45) is 5.41 Å². The molecule has 0 bridgehead atoms. The topological polar surface area (TPSA) is 51.2 Å². The van der Waals surface area contributed by atoms with Crippen LogP contribution in [0.25, 0.3) is 10.8 Å². The van der Waals surface area contributed by atoms with E-state index in [4.69, 9.17) is 0 Å². The summed E-state index contributed by atoms with van der Waals surface area (Å²) in [5, 5.41) is 1.90. The first-order valence-electron chi connectivity index (χ1n) is 8.22. The van der Waals surface area contributed by atoms with Crippen molar-refractivity contribution < 1.29 is 13.2 Å². The number of carbonyl (C=O) groups excluding carboxylic acids is 1. The summed E-state index contributed by atoms with van der Waals surface area (Å²) in [7, 11) is -3.52. The van der Waals surface area contributed by atoms with Crippen LogP contribution in [0.2, 0.25) is 0 Å². The van der Waals surface area contributed by atoms with Gasteiger partial charge in [0.05, 0.1) is 15.5 Å². The van der Waals surface area contributed by atoms with Crippen LogP contribution in [0.4, 0.5) is 0 Å². The van der Waals surface area contributed by atoms with E-state index in [-0.39, 0.29) is 21.8 Å². The second-order valence-corrected chi connectivity index (χ2v) is 10.4. The fourth-order valence-electron chi connectivity index (χ4n) is 3.49. The number of allylic oxidation sites excluding steroid dienone is 1. The zero-order chi connectivity index (χ0) is 18.4. The van der Waals surface area contributed by atoms with Crippen molar-refractivity contribution in [2.45, 2.75) is 36.9 Å². The molecule has 0 amide bonds. The molecule has 5 heteroatoms. The van der Waals surface area contributed by atoms with Crippen molar-refractivity contribution in [3.8, 4) is 0 Å². The summed E-state index contributed by atoms with van der Waals surface area (Å²) in [6.45, 7) is 5.74. The number of ketones is 1. The highest BCUT2D eigenvalue weighted by Gasteiger charge is 2.39. The van der Waals surface area contributed by atoms with Gasteiger partial charge in [-0.3, -0.25) is 4.79 Å². The summed E-state index contributed by atoms with van der Waals surface area (Å²) in [6.07, 6.45) is 0.603. The quantitative estimate of drug-likeness (QED) is 0.676. The normalized spacial score (nSPS) is 21.0. The summed E-state index contributed by atoms with van der Waals surface area (Å²) < 4.78 is 26.0. The van der Waals surface area contributed by atoms with Crippen molar-refractivity contribution in [3.05, 3.63) is 53.6 Å². The summed E-state index contributed by atoms with van der Waals surface area (Å²) in [4.78, 5) is 12.4.